The predicted molar refractivity (Wildman–Crippen MR) is 162 cm³/mol. The molecule has 6 heteroatoms. The average Bonchev–Trinajstić information content (AvgIpc) is 3.24. The molecule has 3 aromatic rings. The number of aliphatic imine (C=N–C) groups is 2. The molecule has 0 amide bonds. The number of halogens is 1. The van der Waals surface area contributed by atoms with E-state index in [0.717, 1.165) is 57.4 Å². The lowest BCUT2D eigenvalue weighted by Gasteiger charge is -2.32. The molecule has 0 bridgehead atoms. The van der Waals surface area contributed by atoms with E-state index in [1.165, 1.54) is 17.0 Å². The first-order valence-corrected chi connectivity index (χ1v) is 12.7. The third-order valence-corrected chi connectivity index (χ3v) is 6.98. The van der Waals surface area contributed by atoms with Crippen molar-refractivity contribution in [1.82, 2.24) is 4.99 Å². The maximum atomic E-state index is 5.25. The van der Waals surface area contributed by atoms with Gasteiger partial charge in [0.15, 0.2) is 0 Å². The van der Waals surface area contributed by atoms with Crippen LogP contribution in [0.4, 0.5) is 17.1 Å². The summed E-state index contributed by atoms with van der Waals surface area (Å²) in [5.74, 6) is 1.10. The molecule has 1 radical (unpaired) electrons. The van der Waals surface area contributed by atoms with Crippen LogP contribution in [-0.4, -0.2) is 43.1 Å². The van der Waals surface area contributed by atoms with Crippen LogP contribution in [0.1, 0.15) is 24.8 Å². The van der Waals surface area contributed by atoms with Crippen LogP contribution in [0.25, 0.3) is 5.70 Å². The van der Waals surface area contributed by atoms with E-state index in [0.29, 0.717) is 0 Å². The summed E-state index contributed by atoms with van der Waals surface area (Å²) in [6.45, 7) is 1.16. The normalized spacial score (nSPS) is 15.7. The van der Waals surface area contributed by atoms with Crippen molar-refractivity contribution in [1.29, 1.82) is 0 Å². The maximum Gasteiger partial charge on any atom is 0.318 e. The standard InChI is InChI=1S/C29H31N4S.HI/c1-33(2,3)20-12-11-19-28-30-25(21-29-31-24-16-8-10-18-27(24)34-29)23-15-7-9-17-26(23)32(28)22-13-5-4-6-14-22;/h4-10,13-18,21H,11-12,19-20H2,1-3H3;1H/q+2;. The van der Waals surface area contributed by atoms with E-state index < -0.39 is 0 Å². The zero-order valence-electron chi connectivity index (χ0n) is 20.5. The van der Waals surface area contributed by atoms with Crippen LogP contribution in [-0.2, 0) is 0 Å². The Balaban J connectivity index is 0.00000289. The molecule has 0 aromatic heterocycles. The first-order chi connectivity index (χ1) is 16.5. The van der Waals surface area contributed by atoms with Crippen LogP contribution in [0.5, 0.6) is 0 Å². The highest BCUT2D eigenvalue weighted by atomic mass is 127. The lowest BCUT2D eigenvalue weighted by atomic mass is 10.0. The number of hydrogen-bond donors (Lipinski definition) is 0. The van der Waals surface area contributed by atoms with Gasteiger partial charge in [0.25, 0.3) is 5.69 Å². The quantitative estimate of drug-likeness (QED) is 0.164. The molecule has 179 valence electrons. The Hall–Kier alpha value is -2.42. The van der Waals surface area contributed by atoms with Gasteiger partial charge in [-0.2, -0.15) is 0 Å². The number of nitrogens with zero attached hydrogens (tertiary/aromatic N) is 4. The summed E-state index contributed by atoms with van der Waals surface area (Å²) in [5, 5.41) is 0.993. The van der Waals surface area contributed by atoms with E-state index in [4.69, 9.17) is 9.98 Å². The van der Waals surface area contributed by atoms with Gasteiger partial charge in [-0.3, -0.25) is 4.90 Å². The lowest BCUT2D eigenvalue weighted by Crippen LogP contribution is -2.35. The van der Waals surface area contributed by atoms with Gasteiger partial charge in [0, 0.05) is 23.7 Å². The minimum Gasteiger partial charge on any atom is -0.331 e. The van der Waals surface area contributed by atoms with Crippen LogP contribution in [0.15, 0.2) is 94.8 Å². The van der Waals surface area contributed by atoms with Crippen molar-refractivity contribution in [3.05, 3.63) is 90.5 Å². The molecule has 0 unspecified atom stereocenters. The molecule has 2 heterocycles. The Labute approximate surface area is 230 Å². The molecule has 35 heavy (non-hydrogen) atoms. The molecule has 2 aliphatic heterocycles. The number of hydrogen-bond acceptors (Lipinski definition) is 4. The molecular weight excluding hydrogens is 563 g/mol. The second kappa shape index (κ2) is 11.1. The second-order valence-corrected chi connectivity index (χ2v) is 10.8. The molecule has 3 aromatic carbocycles. The highest BCUT2D eigenvalue weighted by Gasteiger charge is 2.30. The predicted octanol–water partition coefficient (Wildman–Crippen LogP) is 7.24. The van der Waals surface area contributed by atoms with Crippen molar-refractivity contribution < 1.29 is 4.48 Å². The fraction of sp³-hybridized carbons (Fsp3) is 0.241. The largest absolute Gasteiger partial charge is 0.331 e. The van der Waals surface area contributed by atoms with Crippen LogP contribution in [0.2, 0.25) is 0 Å². The van der Waals surface area contributed by atoms with Crippen molar-refractivity contribution in [2.24, 2.45) is 4.99 Å². The van der Waals surface area contributed by atoms with E-state index in [1.807, 2.05) is 6.07 Å². The summed E-state index contributed by atoms with van der Waals surface area (Å²) in [4.78, 5) is 13.6. The third-order valence-electron chi connectivity index (χ3n) is 5.99. The molecule has 0 atom stereocenters. The lowest BCUT2D eigenvalue weighted by molar-refractivity contribution is -0.870. The number of unbranched alkanes of at least 4 members (excludes halogenated alkanes) is 1. The van der Waals surface area contributed by atoms with Gasteiger partial charge in [-0.15, -0.1) is 24.0 Å². The topological polar surface area (TPSA) is 29.7 Å². The van der Waals surface area contributed by atoms with E-state index in [2.05, 4.69) is 105 Å². The average molecular weight is 596 g/mol. The van der Waals surface area contributed by atoms with Gasteiger partial charge in [-0.1, -0.05) is 48.5 Å². The number of thioether (sulfide) groups is 1. The minimum atomic E-state index is 0. The van der Waals surface area contributed by atoms with Gasteiger partial charge in [-0.25, -0.2) is 4.99 Å². The smallest absolute Gasteiger partial charge is 0.318 e. The third kappa shape index (κ3) is 6.05. The molecule has 5 rings (SSSR count). The van der Waals surface area contributed by atoms with Gasteiger partial charge in [0.2, 0.25) is 0 Å². The summed E-state index contributed by atoms with van der Waals surface area (Å²) in [5.41, 5.74) is 5.50. The zero-order valence-corrected chi connectivity index (χ0v) is 23.7. The number of fused-ring (bicyclic) bond motifs is 2. The van der Waals surface area contributed by atoms with Crippen LogP contribution >= 0.6 is 35.7 Å². The van der Waals surface area contributed by atoms with Crippen molar-refractivity contribution in [2.75, 3.05) is 32.6 Å². The van der Waals surface area contributed by atoms with E-state index in [1.54, 1.807) is 11.8 Å². The van der Waals surface area contributed by atoms with Gasteiger partial charge >= 0.3 is 5.04 Å². The van der Waals surface area contributed by atoms with Crippen LogP contribution in [0.3, 0.4) is 0 Å². The Kier molecular flexibility index (Phi) is 8.14. The number of anilines is 2. The molecule has 0 saturated heterocycles. The molecule has 2 aliphatic rings. The number of quaternary nitrogens is 1. The summed E-state index contributed by atoms with van der Waals surface area (Å²) in [7, 11) is 6.76. The number of para-hydroxylation sites is 3. The van der Waals surface area contributed by atoms with Crippen LogP contribution < -0.4 is 9.89 Å². The van der Waals surface area contributed by atoms with Gasteiger partial charge in [0.05, 0.1) is 55.0 Å². The second-order valence-electron chi connectivity index (χ2n) is 9.74. The first-order valence-electron chi connectivity index (χ1n) is 11.9. The molecule has 0 fully saturated rings. The monoisotopic (exact) mass is 595 g/mol. The fourth-order valence-electron chi connectivity index (χ4n) is 4.35. The van der Waals surface area contributed by atoms with Crippen molar-refractivity contribution in [3.8, 4) is 0 Å². The van der Waals surface area contributed by atoms with Gasteiger partial charge < -0.3 is 4.48 Å². The summed E-state index contributed by atoms with van der Waals surface area (Å²) in [6.07, 6.45) is 5.36. The Morgan fingerprint density at radius 1 is 0.886 bits per heavy atom. The SMILES string of the molecule is C[N+](C)(C)CCCCC1=NC(=CC2=[N+]c3ccccc3S2)c2ccccc2N1c1ccccc1.I. The molecular formula is C29H32IN4S+2. The highest BCUT2D eigenvalue weighted by Crippen LogP contribution is 2.40. The minimum absolute atomic E-state index is 0. The molecule has 4 nitrogen and oxygen atoms in total. The molecule has 0 aliphatic carbocycles. The van der Waals surface area contributed by atoms with Crippen molar-refractivity contribution in [3.63, 3.8) is 0 Å². The summed E-state index contributed by atoms with van der Waals surface area (Å²) in [6, 6.07) is 27.5. The highest BCUT2D eigenvalue weighted by molar-refractivity contribution is 14.0. The molecule has 0 spiro atoms. The van der Waals surface area contributed by atoms with Crippen LogP contribution in [0, 0.1) is 0 Å². The van der Waals surface area contributed by atoms with Crippen molar-refractivity contribution >= 4 is 69.4 Å². The number of rotatable bonds is 7. The van der Waals surface area contributed by atoms with E-state index in [-0.39, 0.29) is 24.0 Å². The summed E-state index contributed by atoms with van der Waals surface area (Å²) < 4.78 is 0.987. The van der Waals surface area contributed by atoms with Gasteiger partial charge in [-0.05, 0) is 48.9 Å². The number of amidine groups is 1. The first kappa shape index (κ1) is 25.7. The van der Waals surface area contributed by atoms with E-state index in [9.17, 15) is 0 Å². The molecule has 0 saturated carbocycles. The summed E-state index contributed by atoms with van der Waals surface area (Å²) >= 11 is 1.72. The van der Waals surface area contributed by atoms with Crippen molar-refractivity contribution in [2.45, 2.75) is 24.2 Å². The number of benzene rings is 3. The Morgan fingerprint density at radius 3 is 2.37 bits per heavy atom. The maximum absolute atomic E-state index is 5.25. The van der Waals surface area contributed by atoms with Gasteiger partial charge in [0.1, 0.15) is 5.84 Å². The Morgan fingerprint density at radius 2 is 1.60 bits per heavy atom. The van der Waals surface area contributed by atoms with E-state index >= 15 is 0 Å². The Bertz CT molecular complexity index is 1280. The zero-order chi connectivity index (χ0) is 23.5. The molecule has 0 N–H and O–H groups in total. The fourth-order valence-corrected chi connectivity index (χ4v) is 5.26.